The van der Waals surface area contributed by atoms with Gasteiger partial charge in [0.2, 0.25) is 10.0 Å². The van der Waals surface area contributed by atoms with Crippen LogP contribution in [0.15, 0.2) is 35.7 Å². The Morgan fingerprint density at radius 3 is 2.21 bits per heavy atom. The van der Waals surface area contributed by atoms with Crippen molar-refractivity contribution in [3.05, 3.63) is 41.3 Å². The first-order chi connectivity index (χ1) is 6.52. The SMILES string of the molecule is CN(C)S(=O)(=O)C=Cc1ccccc1. The minimum Gasteiger partial charge on any atom is -0.208 e. The van der Waals surface area contributed by atoms with Crippen molar-refractivity contribution >= 4 is 16.1 Å². The van der Waals surface area contributed by atoms with Crippen LogP contribution in [0.3, 0.4) is 0 Å². The first-order valence-electron chi connectivity index (χ1n) is 4.18. The van der Waals surface area contributed by atoms with Crippen molar-refractivity contribution in [2.75, 3.05) is 14.1 Å². The number of nitrogens with zero attached hydrogens (tertiary/aromatic N) is 1. The van der Waals surface area contributed by atoms with Crippen molar-refractivity contribution in [1.29, 1.82) is 0 Å². The topological polar surface area (TPSA) is 37.4 Å². The first kappa shape index (κ1) is 10.9. The molecule has 0 unspecified atom stereocenters. The minimum atomic E-state index is -3.24. The van der Waals surface area contributed by atoms with Gasteiger partial charge in [0.15, 0.2) is 0 Å². The third-order valence-corrected chi connectivity index (χ3v) is 3.24. The van der Waals surface area contributed by atoms with E-state index in [-0.39, 0.29) is 0 Å². The second-order valence-corrected chi connectivity index (χ2v) is 5.07. The Balaban J connectivity index is 2.85. The number of hydrogen-bond donors (Lipinski definition) is 0. The van der Waals surface area contributed by atoms with E-state index in [0.717, 1.165) is 5.56 Å². The highest BCUT2D eigenvalue weighted by molar-refractivity contribution is 7.92. The molecule has 0 spiro atoms. The molecule has 14 heavy (non-hydrogen) atoms. The summed E-state index contributed by atoms with van der Waals surface area (Å²) in [6.07, 6.45) is 1.58. The second kappa shape index (κ2) is 4.39. The molecule has 0 aliphatic rings. The van der Waals surface area contributed by atoms with Gasteiger partial charge in [0, 0.05) is 19.5 Å². The molecule has 0 amide bonds. The Morgan fingerprint density at radius 2 is 1.71 bits per heavy atom. The molecule has 0 heterocycles. The molecule has 0 radical (unpaired) electrons. The second-order valence-electron chi connectivity index (χ2n) is 3.04. The first-order valence-corrected chi connectivity index (χ1v) is 5.68. The molecule has 0 atom stereocenters. The van der Waals surface area contributed by atoms with Gasteiger partial charge in [-0.15, -0.1) is 0 Å². The van der Waals surface area contributed by atoms with Crippen LogP contribution in [-0.4, -0.2) is 26.8 Å². The molecule has 1 rings (SSSR count). The third kappa shape index (κ3) is 2.97. The zero-order valence-corrected chi connectivity index (χ0v) is 9.03. The van der Waals surface area contributed by atoms with Gasteiger partial charge in [-0.05, 0) is 11.6 Å². The van der Waals surface area contributed by atoms with Crippen LogP contribution < -0.4 is 0 Å². The lowest BCUT2D eigenvalue weighted by Crippen LogP contribution is -2.19. The molecule has 0 aromatic heterocycles. The highest BCUT2D eigenvalue weighted by Gasteiger charge is 2.07. The fourth-order valence-electron chi connectivity index (χ4n) is 0.850. The maximum absolute atomic E-state index is 11.3. The predicted molar refractivity (Wildman–Crippen MR) is 58.1 cm³/mol. The van der Waals surface area contributed by atoms with E-state index in [0.29, 0.717) is 0 Å². The van der Waals surface area contributed by atoms with Crippen molar-refractivity contribution < 1.29 is 8.42 Å². The molecular weight excluding hydrogens is 198 g/mol. The molecule has 0 aliphatic carbocycles. The van der Waals surface area contributed by atoms with E-state index in [4.69, 9.17) is 0 Å². The number of rotatable bonds is 3. The predicted octanol–water partition coefficient (Wildman–Crippen LogP) is 1.55. The number of sulfonamides is 1. The normalized spacial score (nSPS) is 12.5. The summed E-state index contributed by atoms with van der Waals surface area (Å²) in [5.41, 5.74) is 0.873. The average molecular weight is 211 g/mol. The van der Waals surface area contributed by atoms with E-state index in [2.05, 4.69) is 0 Å². The molecule has 0 bridgehead atoms. The molecule has 76 valence electrons. The summed E-state index contributed by atoms with van der Waals surface area (Å²) in [5.74, 6) is 0. The molecule has 0 fully saturated rings. The van der Waals surface area contributed by atoms with Gasteiger partial charge >= 0.3 is 0 Å². The Hall–Kier alpha value is -1.13. The van der Waals surface area contributed by atoms with Crippen LogP contribution in [-0.2, 0) is 10.0 Å². The molecular formula is C10H13NO2S. The van der Waals surface area contributed by atoms with Crippen molar-refractivity contribution in [3.63, 3.8) is 0 Å². The van der Waals surface area contributed by atoms with Gasteiger partial charge < -0.3 is 0 Å². The van der Waals surface area contributed by atoms with Gasteiger partial charge in [-0.1, -0.05) is 30.3 Å². The molecule has 0 N–H and O–H groups in total. The Kier molecular flexibility index (Phi) is 3.43. The monoisotopic (exact) mass is 211 g/mol. The van der Waals surface area contributed by atoms with Gasteiger partial charge in [0.1, 0.15) is 0 Å². The van der Waals surface area contributed by atoms with Crippen molar-refractivity contribution in [3.8, 4) is 0 Å². The van der Waals surface area contributed by atoms with Crippen LogP contribution in [0, 0.1) is 0 Å². The fourth-order valence-corrected chi connectivity index (χ4v) is 1.42. The molecule has 1 aromatic rings. The summed E-state index contributed by atoms with van der Waals surface area (Å²) >= 11 is 0. The molecule has 0 saturated carbocycles. The van der Waals surface area contributed by atoms with Gasteiger partial charge in [0.25, 0.3) is 0 Å². The van der Waals surface area contributed by atoms with Gasteiger partial charge in [-0.2, -0.15) is 0 Å². The smallest absolute Gasteiger partial charge is 0.208 e. The van der Waals surface area contributed by atoms with Crippen molar-refractivity contribution in [2.24, 2.45) is 0 Å². The fraction of sp³-hybridized carbons (Fsp3) is 0.200. The summed E-state index contributed by atoms with van der Waals surface area (Å²) in [7, 11) is -0.234. The van der Waals surface area contributed by atoms with Crippen LogP contribution in [0.1, 0.15) is 5.56 Å². The minimum absolute atomic E-state index is 0.873. The van der Waals surface area contributed by atoms with E-state index in [1.165, 1.54) is 23.8 Å². The molecule has 1 aromatic carbocycles. The summed E-state index contributed by atoms with van der Waals surface area (Å²) < 4.78 is 23.9. The van der Waals surface area contributed by atoms with Crippen LogP contribution >= 0.6 is 0 Å². The zero-order valence-electron chi connectivity index (χ0n) is 8.21. The van der Waals surface area contributed by atoms with Crippen LogP contribution in [0.25, 0.3) is 6.08 Å². The lowest BCUT2D eigenvalue weighted by Gasteiger charge is -2.05. The Labute approximate surface area is 84.7 Å². The maximum Gasteiger partial charge on any atom is 0.235 e. The van der Waals surface area contributed by atoms with Gasteiger partial charge in [0.05, 0.1) is 0 Å². The molecule has 4 heteroatoms. The molecule has 0 aliphatic heterocycles. The van der Waals surface area contributed by atoms with E-state index in [9.17, 15) is 8.42 Å². The van der Waals surface area contributed by atoms with E-state index < -0.39 is 10.0 Å². The number of benzene rings is 1. The summed E-state index contributed by atoms with van der Waals surface area (Å²) in [5, 5.41) is 1.20. The third-order valence-electron chi connectivity index (χ3n) is 1.74. The van der Waals surface area contributed by atoms with Crippen molar-refractivity contribution in [2.45, 2.75) is 0 Å². The Bertz CT molecular complexity index is 407. The van der Waals surface area contributed by atoms with Crippen molar-refractivity contribution in [1.82, 2.24) is 4.31 Å². The van der Waals surface area contributed by atoms with Crippen LogP contribution in [0.4, 0.5) is 0 Å². The Morgan fingerprint density at radius 1 is 1.14 bits per heavy atom. The largest absolute Gasteiger partial charge is 0.235 e. The van der Waals surface area contributed by atoms with E-state index >= 15 is 0 Å². The summed E-state index contributed by atoms with van der Waals surface area (Å²) in [6, 6.07) is 9.31. The van der Waals surface area contributed by atoms with Crippen LogP contribution in [0.5, 0.6) is 0 Å². The lowest BCUT2D eigenvalue weighted by atomic mass is 10.2. The van der Waals surface area contributed by atoms with Gasteiger partial charge in [-0.25, -0.2) is 12.7 Å². The average Bonchev–Trinajstić information content (AvgIpc) is 2.16. The highest BCUT2D eigenvalue weighted by atomic mass is 32.2. The lowest BCUT2D eigenvalue weighted by molar-refractivity contribution is 0.531. The quantitative estimate of drug-likeness (QED) is 0.760. The highest BCUT2D eigenvalue weighted by Crippen LogP contribution is 2.04. The summed E-state index contributed by atoms with van der Waals surface area (Å²) in [4.78, 5) is 0. The maximum atomic E-state index is 11.3. The molecule has 3 nitrogen and oxygen atoms in total. The summed E-state index contributed by atoms with van der Waals surface area (Å²) in [6.45, 7) is 0. The van der Waals surface area contributed by atoms with E-state index in [1.807, 2.05) is 30.3 Å². The number of hydrogen-bond acceptors (Lipinski definition) is 2. The van der Waals surface area contributed by atoms with Crippen LogP contribution in [0.2, 0.25) is 0 Å². The molecule has 0 saturated heterocycles. The standard InChI is InChI=1S/C10H13NO2S/c1-11(2)14(12,13)9-8-10-6-4-3-5-7-10/h3-9H,1-2H3. The zero-order chi connectivity index (χ0) is 10.6. The van der Waals surface area contributed by atoms with Gasteiger partial charge in [-0.3, -0.25) is 0 Å². The van der Waals surface area contributed by atoms with E-state index in [1.54, 1.807) is 6.08 Å².